The van der Waals surface area contributed by atoms with Crippen LogP contribution < -0.4 is 10.6 Å². The van der Waals surface area contributed by atoms with Crippen LogP contribution in [0.3, 0.4) is 0 Å². The highest BCUT2D eigenvalue weighted by atomic mass is 15.0. The molecule has 0 saturated heterocycles. The Morgan fingerprint density at radius 2 is 1.79 bits per heavy atom. The van der Waals surface area contributed by atoms with Gasteiger partial charge in [0.15, 0.2) is 0 Å². The molecule has 3 nitrogen and oxygen atoms in total. The first-order valence-electron chi connectivity index (χ1n) is 6.84. The van der Waals surface area contributed by atoms with Crippen molar-refractivity contribution in [1.29, 1.82) is 0 Å². The Kier molecular flexibility index (Phi) is 4.78. The monoisotopic (exact) mass is 255 g/mol. The highest BCUT2D eigenvalue weighted by molar-refractivity contribution is 5.52. The molecule has 0 bridgehead atoms. The molecule has 2 aromatic rings. The van der Waals surface area contributed by atoms with Gasteiger partial charge in [0.25, 0.3) is 0 Å². The zero-order chi connectivity index (χ0) is 13.5. The van der Waals surface area contributed by atoms with Crippen molar-refractivity contribution >= 4 is 11.5 Å². The number of pyridine rings is 1. The number of nitrogens with one attached hydrogen (secondary N) is 2. The SMILES string of the molecule is CCNc1cc(NCc2ccccc2CC)ccn1. The summed E-state index contributed by atoms with van der Waals surface area (Å²) in [5, 5.41) is 6.67. The predicted octanol–water partition coefficient (Wildman–Crippen LogP) is 3.69. The van der Waals surface area contributed by atoms with Gasteiger partial charge >= 0.3 is 0 Å². The molecule has 0 amide bonds. The van der Waals surface area contributed by atoms with E-state index in [2.05, 4.69) is 53.7 Å². The van der Waals surface area contributed by atoms with Crippen LogP contribution >= 0.6 is 0 Å². The van der Waals surface area contributed by atoms with Gasteiger partial charge in [-0.2, -0.15) is 0 Å². The normalized spacial score (nSPS) is 10.2. The van der Waals surface area contributed by atoms with Crippen LogP contribution in [0.4, 0.5) is 11.5 Å². The van der Waals surface area contributed by atoms with E-state index in [1.807, 2.05) is 18.3 Å². The minimum Gasteiger partial charge on any atom is -0.381 e. The van der Waals surface area contributed by atoms with Gasteiger partial charge < -0.3 is 10.6 Å². The van der Waals surface area contributed by atoms with Crippen molar-refractivity contribution in [3.63, 3.8) is 0 Å². The molecule has 0 aliphatic rings. The van der Waals surface area contributed by atoms with E-state index in [1.165, 1.54) is 11.1 Å². The Bertz CT molecular complexity index is 523. The van der Waals surface area contributed by atoms with Gasteiger partial charge in [0, 0.05) is 31.0 Å². The van der Waals surface area contributed by atoms with Gasteiger partial charge in [-0.05, 0) is 30.5 Å². The van der Waals surface area contributed by atoms with Gasteiger partial charge in [0.05, 0.1) is 0 Å². The molecule has 0 aliphatic heterocycles. The third kappa shape index (κ3) is 3.71. The van der Waals surface area contributed by atoms with Crippen LogP contribution in [0.15, 0.2) is 42.6 Å². The molecule has 0 unspecified atom stereocenters. The number of aromatic nitrogens is 1. The first kappa shape index (κ1) is 13.4. The molecule has 3 heteroatoms. The lowest BCUT2D eigenvalue weighted by Crippen LogP contribution is -2.04. The fraction of sp³-hybridized carbons (Fsp3) is 0.312. The van der Waals surface area contributed by atoms with Crippen molar-refractivity contribution in [2.45, 2.75) is 26.8 Å². The summed E-state index contributed by atoms with van der Waals surface area (Å²) >= 11 is 0. The van der Waals surface area contributed by atoms with E-state index in [9.17, 15) is 0 Å². The Hall–Kier alpha value is -2.03. The number of nitrogens with zero attached hydrogens (tertiary/aromatic N) is 1. The Labute approximate surface area is 115 Å². The number of hydrogen-bond acceptors (Lipinski definition) is 3. The summed E-state index contributed by atoms with van der Waals surface area (Å²) in [6.07, 6.45) is 2.89. The topological polar surface area (TPSA) is 37.0 Å². The van der Waals surface area contributed by atoms with Crippen LogP contribution in [-0.4, -0.2) is 11.5 Å². The Morgan fingerprint density at radius 1 is 1.00 bits per heavy atom. The third-order valence-corrected chi connectivity index (χ3v) is 3.10. The quantitative estimate of drug-likeness (QED) is 0.826. The second kappa shape index (κ2) is 6.78. The highest BCUT2D eigenvalue weighted by Gasteiger charge is 2.00. The lowest BCUT2D eigenvalue weighted by atomic mass is 10.1. The lowest BCUT2D eigenvalue weighted by molar-refractivity contribution is 1.04. The Balaban J connectivity index is 2.03. The second-order valence-corrected chi connectivity index (χ2v) is 4.44. The smallest absolute Gasteiger partial charge is 0.127 e. The molecule has 2 N–H and O–H groups in total. The van der Waals surface area contributed by atoms with E-state index in [0.717, 1.165) is 31.0 Å². The maximum atomic E-state index is 4.27. The molecule has 2 rings (SSSR count). The number of benzene rings is 1. The van der Waals surface area contributed by atoms with Gasteiger partial charge in [0.1, 0.15) is 5.82 Å². The minimum absolute atomic E-state index is 0.847. The van der Waals surface area contributed by atoms with Gasteiger partial charge in [-0.1, -0.05) is 31.2 Å². The van der Waals surface area contributed by atoms with E-state index >= 15 is 0 Å². The molecule has 0 fully saturated rings. The van der Waals surface area contributed by atoms with E-state index in [0.29, 0.717) is 0 Å². The summed E-state index contributed by atoms with van der Waals surface area (Å²) in [7, 11) is 0. The van der Waals surface area contributed by atoms with Gasteiger partial charge in [0.2, 0.25) is 0 Å². The van der Waals surface area contributed by atoms with Gasteiger partial charge in [-0.3, -0.25) is 0 Å². The first-order chi connectivity index (χ1) is 9.33. The van der Waals surface area contributed by atoms with E-state index in [1.54, 1.807) is 0 Å². The lowest BCUT2D eigenvalue weighted by Gasteiger charge is -2.11. The molecule has 0 saturated carbocycles. The van der Waals surface area contributed by atoms with Crippen LogP contribution in [0.1, 0.15) is 25.0 Å². The molecular weight excluding hydrogens is 234 g/mol. The molecule has 0 aliphatic carbocycles. The predicted molar refractivity (Wildman–Crippen MR) is 81.5 cm³/mol. The van der Waals surface area contributed by atoms with Crippen molar-refractivity contribution in [1.82, 2.24) is 4.98 Å². The molecule has 1 aromatic heterocycles. The molecule has 0 atom stereocenters. The van der Waals surface area contributed by atoms with E-state index < -0.39 is 0 Å². The zero-order valence-electron chi connectivity index (χ0n) is 11.6. The average molecular weight is 255 g/mol. The maximum absolute atomic E-state index is 4.27. The zero-order valence-corrected chi connectivity index (χ0v) is 11.6. The van der Waals surface area contributed by atoms with Crippen molar-refractivity contribution < 1.29 is 0 Å². The number of anilines is 2. The molecule has 19 heavy (non-hydrogen) atoms. The summed E-state index contributed by atoms with van der Waals surface area (Å²) in [5.74, 6) is 0.913. The highest BCUT2D eigenvalue weighted by Crippen LogP contribution is 2.15. The fourth-order valence-electron chi connectivity index (χ4n) is 2.09. The molecule has 1 heterocycles. The summed E-state index contributed by atoms with van der Waals surface area (Å²) in [6.45, 7) is 5.99. The molecule has 100 valence electrons. The van der Waals surface area contributed by atoms with E-state index in [4.69, 9.17) is 0 Å². The summed E-state index contributed by atoms with van der Waals surface area (Å²) in [6, 6.07) is 12.6. The van der Waals surface area contributed by atoms with Crippen LogP contribution in [0.25, 0.3) is 0 Å². The van der Waals surface area contributed by atoms with Crippen molar-refractivity contribution in [2.75, 3.05) is 17.2 Å². The standard InChI is InChI=1S/C16H21N3/c1-3-13-7-5-6-8-14(13)12-19-15-9-10-18-16(11-15)17-4-2/h5-11H,3-4,12H2,1-2H3,(H2,17,18,19). The van der Waals surface area contributed by atoms with Crippen LogP contribution in [-0.2, 0) is 13.0 Å². The maximum Gasteiger partial charge on any atom is 0.127 e. The Morgan fingerprint density at radius 3 is 2.53 bits per heavy atom. The largest absolute Gasteiger partial charge is 0.381 e. The van der Waals surface area contributed by atoms with Crippen molar-refractivity contribution in [3.05, 3.63) is 53.7 Å². The number of rotatable bonds is 6. The fourth-order valence-corrected chi connectivity index (χ4v) is 2.09. The molecule has 0 radical (unpaired) electrons. The van der Waals surface area contributed by atoms with Crippen LogP contribution in [0.5, 0.6) is 0 Å². The molecule has 0 spiro atoms. The number of hydrogen-bond donors (Lipinski definition) is 2. The summed E-state index contributed by atoms with van der Waals surface area (Å²) < 4.78 is 0. The van der Waals surface area contributed by atoms with E-state index in [-0.39, 0.29) is 0 Å². The summed E-state index contributed by atoms with van der Waals surface area (Å²) in [5.41, 5.74) is 3.85. The second-order valence-electron chi connectivity index (χ2n) is 4.44. The van der Waals surface area contributed by atoms with Crippen LogP contribution in [0.2, 0.25) is 0 Å². The third-order valence-electron chi connectivity index (χ3n) is 3.10. The van der Waals surface area contributed by atoms with Crippen molar-refractivity contribution in [2.24, 2.45) is 0 Å². The minimum atomic E-state index is 0.847. The van der Waals surface area contributed by atoms with Gasteiger partial charge in [-0.15, -0.1) is 0 Å². The van der Waals surface area contributed by atoms with Gasteiger partial charge in [-0.25, -0.2) is 4.98 Å². The van der Waals surface area contributed by atoms with Crippen LogP contribution in [0, 0.1) is 0 Å². The summed E-state index contributed by atoms with van der Waals surface area (Å²) in [4.78, 5) is 4.27. The van der Waals surface area contributed by atoms with Crippen molar-refractivity contribution in [3.8, 4) is 0 Å². The molecular formula is C16H21N3. The first-order valence-corrected chi connectivity index (χ1v) is 6.84. The average Bonchev–Trinajstić information content (AvgIpc) is 2.46. The molecule has 1 aromatic carbocycles. The number of aryl methyl sites for hydroxylation is 1.